The van der Waals surface area contributed by atoms with Crippen molar-refractivity contribution in [3.63, 3.8) is 0 Å². The average molecular weight is 538 g/mol. The van der Waals surface area contributed by atoms with E-state index in [-0.39, 0.29) is 17.7 Å². The van der Waals surface area contributed by atoms with E-state index in [9.17, 15) is 22.8 Å². The van der Waals surface area contributed by atoms with Crippen molar-refractivity contribution >= 4 is 17.8 Å². The summed E-state index contributed by atoms with van der Waals surface area (Å²) in [6.45, 7) is 8.71. The molecule has 1 atom stereocenters. The molecule has 208 valence electrons. The van der Waals surface area contributed by atoms with E-state index in [1.807, 2.05) is 47.1 Å². The summed E-state index contributed by atoms with van der Waals surface area (Å²) in [5.74, 6) is -1.79. The second kappa shape index (κ2) is 15.0. The number of carboxylic acid groups (broad SMARTS) is 1. The number of rotatable bonds is 9. The van der Waals surface area contributed by atoms with Gasteiger partial charge in [-0.1, -0.05) is 37.3 Å². The lowest BCUT2D eigenvalue weighted by Gasteiger charge is -2.30. The highest BCUT2D eigenvalue weighted by Gasteiger charge is 2.38. The number of alkyl halides is 3. The fourth-order valence-electron chi connectivity index (χ4n) is 3.84. The minimum absolute atomic E-state index is 0.0565. The number of carbonyl (C=O) groups excluding carboxylic acids is 2. The molecule has 1 fully saturated rings. The third-order valence-electron chi connectivity index (χ3n) is 5.87. The van der Waals surface area contributed by atoms with E-state index in [0.29, 0.717) is 31.7 Å². The minimum atomic E-state index is -5.08. The van der Waals surface area contributed by atoms with Gasteiger partial charge in [0.05, 0.1) is 6.61 Å². The van der Waals surface area contributed by atoms with Crippen molar-refractivity contribution in [3.05, 3.63) is 65.7 Å². The molecule has 2 aromatic carbocycles. The molecule has 2 aromatic rings. The van der Waals surface area contributed by atoms with Gasteiger partial charge in [-0.25, -0.2) is 4.79 Å². The quantitative estimate of drug-likeness (QED) is 0.505. The zero-order valence-electron chi connectivity index (χ0n) is 21.5. The first kappa shape index (κ1) is 30.6. The van der Waals surface area contributed by atoms with Crippen molar-refractivity contribution in [3.8, 4) is 5.75 Å². The number of piperazine rings is 1. The Morgan fingerprint density at radius 3 is 2.16 bits per heavy atom. The van der Waals surface area contributed by atoms with E-state index in [2.05, 4.69) is 24.4 Å². The number of hydrogen-bond acceptors (Lipinski definition) is 5. The second-order valence-corrected chi connectivity index (χ2v) is 8.70. The Bertz CT molecular complexity index is 1030. The van der Waals surface area contributed by atoms with Crippen LogP contribution in [0.1, 0.15) is 42.1 Å². The Labute approximate surface area is 220 Å². The monoisotopic (exact) mass is 537 g/mol. The van der Waals surface area contributed by atoms with Crippen molar-refractivity contribution in [1.29, 1.82) is 0 Å². The van der Waals surface area contributed by atoms with Gasteiger partial charge >= 0.3 is 12.1 Å². The molecule has 1 aliphatic rings. The van der Waals surface area contributed by atoms with Crippen LogP contribution in [0.15, 0.2) is 54.6 Å². The van der Waals surface area contributed by atoms with Crippen LogP contribution in [-0.4, -0.2) is 84.7 Å². The molecule has 1 unspecified atom stereocenters. The highest BCUT2D eigenvalue weighted by molar-refractivity contribution is 5.94. The Balaban J connectivity index is 0.000000638. The first-order valence-electron chi connectivity index (χ1n) is 12.4. The van der Waals surface area contributed by atoms with Gasteiger partial charge in [0, 0.05) is 51.3 Å². The van der Waals surface area contributed by atoms with Crippen LogP contribution in [0.3, 0.4) is 0 Å². The van der Waals surface area contributed by atoms with Crippen molar-refractivity contribution in [2.24, 2.45) is 0 Å². The van der Waals surface area contributed by atoms with Gasteiger partial charge in [-0.2, -0.15) is 13.2 Å². The first-order chi connectivity index (χ1) is 18.0. The van der Waals surface area contributed by atoms with Crippen LogP contribution in [-0.2, 0) is 9.59 Å². The van der Waals surface area contributed by atoms with E-state index in [0.717, 1.165) is 31.9 Å². The maximum Gasteiger partial charge on any atom is 0.490 e. The number of benzene rings is 2. The van der Waals surface area contributed by atoms with E-state index in [1.54, 1.807) is 12.1 Å². The number of ether oxygens (including phenoxy) is 1. The maximum absolute atomic E-state index is 13.3. The topological polar surface area (TPSA) is 99.2 Å². The standard InChI is InChI=1S/C25H33N3O3.C2HF3O2/c1-3-31-23-11-9-22(10-12-23)25(30)28(19-20(2)21-7-5-4-6-8-21)16-13-24(29)27-17-14-26-15-18-27;3-2(4,5)1(6)7/h4-12,20,26H,3,13-19H2,1-2H3;(H,6,7). The normalized spacial score (nSPS) is 14.1. The van der Waals surface area contributed by atoms with Gasteiger partial charge in [0.1, 0.15) is 5.75 Å². The zero-order chi connectivity index (χ0) is 28.1. The Morgan fingerprint density at radius 1 is 1.05 bits per heavy atom. The summed E-state index contributed by atoms with van der Waals surface area (Å²) >= 11 is 0. The summed E-state index contributed by atoms with van der Waals surface area (Å²) in [5.41, 5.74) is 1.79. The summed E-state index contributed by atoms with van der Waals surface area (Å²) in [6.07, 6.45) is -4.75. The van der Waals surface area contributed by atoms with Gasteiger partial charge in [0.15, 0.2) is 0 Å². The van der Waals surface area contributed by atoms with E-state index in [1.165, 1.54) is 5.56 Å². The predicted molar refractivity (Wildman–Crippen MR) is 136 cm³/mol. The molecular weight excluding hydrogens is 503 g/mol. The van der Waals surface area contributed by atoms with E-state index >= 15 is 0 Å². The van der Waals surface area contributed by atoms with Gasteiger partial charge in [-0.05, 0) is 42.7 Å². The van der Waals surface area contributed by atoms with Crippen LogP contribution in [0.2, 0.25) is 0 Å². The van der Waals surface area contributed by atoms with E-state index < -0.39 is 12.1 Å². The maximum atomic E-state index is 13.3. The van der Waals surface area contributed by atoms with Gasteiger partial charge in [-0.15, -0.1) is 0 Å². The molecule has 1 aliphatic heterocycles. The van der Waals surface area contributed by atoms with Gasteiger partial charge in [-0.3, -0.25) is 9.59 Å². The molecule has 0 aliphatic carbocycles. The number of amides is 2. The molecule has 1 heterocycles. The lowest BCUT2D eigenvalue weighted by Crippen LogP contribution is -2.47. The number of nitrogens with zero attached hydrogens (tertiary/aromatic N) is 2. The SMILES string of the molecule is CCOc1ccc(C(=O)N(CCC(=O)N2CCNCC2)CC(C)c2ccccc2)cc1.O=C(O)C(F)(F)F. The van der Waals surface area contributed by atoms with E-state index in [4.69, 9.17) is 14.6 Å². The Hall–Kier alpha value is -3.60. The van der Waals surface area contributed by atoms with Gasteiger partial charge < -0.3 is 25.0 Å². The molecule has 2 amide bonds. The molecule has 0 spiro atoms. The van der Waals surface area contributed by atoms with Crippen LogP contribution in [0, 0.1) is 0 Å². The van der Waals surface area contributed by atoms with Crippen LogP contribution in [0.4, 0.5) is 13.2 Å². The molecule has 3 rings (SSSR count). The minimum Gasteiger partial charge on any atom is -0.494 e. The molecule has 8 nitrogen and oxygen atoms in total. The molecule has 2 N–H and O–H groups in total. The van der Waals surface area contributed by atoms with Gasteiger partial charge in [0.2, 0.25) is 5.91 Å². The van der Waals surface area contributed by atoms with Crippen LogP contribution >= 0.6 is 0 Å². The molecule has 0 aromatic heterocycles. The zero-order valence-corrected chi connectivity index (χ0v) is 21.5. The number of halogens is 3. The number of carbonyl (C=O) groups is 3. The highest BCUT2D eigenvalue weighted by atomic mass is 19.4. The number of carboxylic acids is 1. The number of aliphatic carboxylic acids is 1. The second-order valence-electron chi connectivity index (χ2n) is 8.70. The number of nitrogens with one attached hydrogen (secondary N) is 1. The van der Waals surface area contributed by atoms with Crippen molar-refractivity contribution in [2.45, 2.75) is 32.4 Å². The number of hydrogen-bond donors (Lipinski definition) is 2. The van der Waals surface area contributed by atoms with Crippen molar-refractivity contribution < 1.29 is 37.4 Å². The fraction of sp³-hybridized carbons (Fsp3) is 0.444. The lowest BCUT2D eigenvalue weighted by atomic mass is 10.00. The summed E-state index contributed by atoms with van der Waals surface area (Å²) < 4.78 is 37.2. The Morgan fingerprint density at radius 2 is 1.63 bits per heavy atom. The van der Waals surface area contributed by atoms with Crippen molar-refractivity contribution in [1.82, 2.24) is 15.1 Å². The fourth-order valence-corrected chi connectivity index (χ4v) is 3.84. The largest absolute Gasteiger partial charge is 0.494 e. The van der Waals surface area contributed by atoms with Crippen molar-refractivity contribution in [2.75, 3.05) is 45.9 Å². The molecule has 1 saturated heterocycles. The highest BCUT2D eigenvalue weighted by Crippen LogP contribution is 2.20. The molecule has 0 radical (unpaired) electrons. The van der Waals surface area contributed by atoms with Crippen LogP contribution in [0.25, 0.3) is 0 Å². The average Bonchev–Trinajstić information content (AvgIpc) is 2.91. The summed E-state index contributed by atoms with van der Waals surface area (Å²) in [7, 11) is 0. The molecule has 11 heteroatoms. The third-order valence-corrected chi connectivity index (χ3v) is 5.87. The molecule has 38 heavy (non-hydrogen) atoms. The van der Waals surface area contributed by atoms with Gasteiger partial charge in [0.25, 0.3) is 5.91 Å². The predicted octanol–water partition coefficient (Wildman–Crippen LogP) is 3.79. The van der Waals surface area contributed by atoms with Crippen LogP contribution < -0.4 is 10.1 Å². The van der Waals surface area contributed by atoms with Crippen LogP contribution in [0.5, 0.6) is 5.75 Å². The smallest absolute Gasteiger partial charge is 0.490 e. The lowest BCUT2D eigenvalue weighted by molar-refractivity contribution is -0.192. The summed E-state index contributed by atoms with van der Waals surface area (Å²) in [5, 5.41) is 10.4. The molecule has 0 bridgehead atoms. The molecule has 0 saturated carbocycles. The first-order valence-corrected chi connectivity index (χ1v) is 12.4. The molecular formula is C27H34F3N3O5. The summed E-state index contributed by atoms with van der Waals surface area (Å²) in [6, 6.07) is 17.4. The summed E-state index contributed by atoms with van der Waals surface area (Å²) in [4.78, 5) is 38.6. The Kier molecular flexibility index (Phi) is 12.1. The third kappa shape index (κ3) is 10.0.